The lowest BCUT2D eigenvalue weighted by Crippen LogP contribution is -2.40. The summed E-state index contributed by atoms with van der Waals surface area (Å²) in [5.74, 6) is 6.25. The fraction of sp³-hybridized carbons (Fsp3) is 0.615. The zero-order chi connectivity index (χ0) is 21.7. The molecule has 0 bridgehead atoms. The number of rotatable bonds is 19. The summed E-state index contributed by atoms with van der Waals surface area (Å²) >= 11 is 0. The van der Waals surface area contributed by atoms with Crippen LogP contribution in [-0.4, -0.2) is 42.6 Å². The van der Waals surface area contributed by atoms with Crippen molar-refractivity contribution in [1.29, 1.82) is 0 Å². The van der Waals surface area contributed by atoms with Crippen LogP contribution in [0.5, 0.6) is 0 Å². The molecular weight excluding hydrogens is 354 g/mol. The molecule has 0 saturated carbocycles. The Labute approximate surface area is 181 Å². The minimum absolute atomic E-state index is 0.931. The van der Waals surface area contributed by atoms with Gasteiger partial charge in [-0.25, -0.2) is 5.01 Å². The number of hydrogen-bond acceptors (Lipinski definition) is 3. The standard InChI is InChI=1S/C26H47N3/c1-6-9-13-17-25(4)18-15-12-16-21-29(27)23-22-28(20-11-8-3)24-26(5)19-14-10-7-2/h6-7,10,14,17,19H,1-2,8-9,11-13,15-16,18,20-24,27H2,3-5H3/b14-10-,25-17+,26-19+. The zero-order valence-corrected chi connectivity index (χ0v) is 19.5. The maximum atomic E-state index is 6.25. The van der Waals surface area contributed by atoms with Crippen LogP contribution in [0.3, 0.4) is 0 Å². The van der Waals surface area contributed by atoms with Gasteiger partial charge in [-0.15, -0.1) is 6.58 Å². The number of unbranched alkanes of at least 4 members (excludes halogenated alkanes) is 4. The summed E-state index contributed by atoms with van der Waals surface area (Å²) in [5.41, 5.74) is 2.88. The fourth-order valence-corrected chi connectivity index (χ4v) is 3.18. The highest BCUT2D eigenvalue weighted by atomic mass is 15.4. The highest BCUT2D eigenvalue weighted by molar-refractivity contribution is 5.15. The molecule has 0 unspecified atom stereocenters. The third kappa shape index (κ3) is 18.4. The van der Waals surface area contributed by atoms with E-state index >= 15 is 0 Å². The summed E-state index contributed by atoms with van der Waals surface area (Å²) in [6, 6.07) is 0. The van der Waals surface area contributed by atoms with Crippen molar-refractivity contribution in [2.24, 2.45) is 5.84 Å². The van der Waals surface area contributed by atoms with Crippen LogP contribution in [0.1, 0.15) is 72.1 Å². The Kier molecular flexibility index (Phi) is 18.9. The van der Waals surface area contributed by atoms with Crippen molar-refractivity contribution in [1.82, 2.24) is 9.91 Å². The van der Waals surface area contributed by atoms with Crippen LogP contribution in [-0.2, 0) is 0 Å². The van der Waals surface area contributed by atoms with Gasteiger partial charge < -0.3 is 0 Å². The summed E-state index contributed by atoms with van der Waals surface area (Å²) in [6.07, 6.45) is 21.9. The topological polar surface area (TPSA) is 32.5 Å². The van der Waals surface area contributed by atoms with Crippen LogP contribution in [0, 0.1) is 0 Å². The molecule has 0 amide bonds. The molecule has 29 heavy (non-hydrogen) atoms. The Hall–Kier alpha value is -1.42. The van der Waals surface area contributed by atoms with Crippen molar-refractivity contribution in [2.45, 2.75) is 72.1 Å². The Morgan fingerprint density at radius 2 is 1.66 bits per heavy atom. The van der Waals surface area contributed by atoms with E-state index in [-0.39, 0.29) is 0 Å². The van der Waals surface area contributed by atoms with E-state index in [0.29, 0.717) is 0 Å². The summed E-state index contributed by atoms with van der Waals surface area (Å²) in [6.45, 7) is 19.3. The second-order valence-electron chi connectivity index (χ2n) is 8.03. The molecular formula is C26H47N3. The fourth-order valence-electron chi connectivity index (χ4n) is 3.18. The van der Waals surface area contributed by atoms with Gasteiger partial charge in [-0.2, -0.15) is 0 Å². The van der Waals surface area contributed by atoms with Crippen molar-refractivity contribution >= 4 is 0 Å². The minimum Gasteiger partial charge on any atom is -0.298 e. The largest absolute Gasteiger partial charge is 0.298 e. The first kappa shape index (κ1) is 27.6. The van der Waals surface area contributed by atoms with Crippen LogP contribution < -0.4 is 5.84 Å². The van der Waals surface area contributed by atoms with Crippen LogP contribution in [0.4, 0.5) is 0 Å². The number of hydrazine groups is 1. The van der Waals surface area contributed by atoms with Crippen LogP contribution in [0.25, 0.3) is 0 Å². The van der Waals surface area contributed by atoms with E-state index in [9.17, 15) is 0 Å². The predicted octanol–water partition coefficient (Wildman–Crippen LogP) is 6.43. The van der Waals surface area contributed by atoms with Gasteiger partial charge in [0, 0.05) is 26.2 Å². The first-order valence-corrected chi connectivity index (χ1v) is 11.5. The third-order valence-corrected chi connectivity index (χ3v) is 5.01. The van der Waals surface area contributed by atoms with Gasteiger partial charge in [-0.1, -0.05) is 73.9 Å². The van der Waals surface area contributed by atoms with Crippen LogP contribution in [0.15, 0.2) is 60.8 Å². The molecule has 0 aromatic carbocycles. The molecule has 0 atom stereocenters. The molecule has 0 aromatic heterocycles. The molecule has 0 rings (SSSR count). The van der Waals surface area contributed by atoms with Crippen LogP contribution >= 0.6 is 0 Å². The smallest absolute Gasteiger partial charge is 0.0256 e. The van der Waals surface area contributed by atoms with Gasteiger partial charge >= 0.3 is 0 Å². The van der Waals surface area contributed by atoms with E-state index in [1.54, 1.807) is 0 Å². The quantitative estimate of drug-likeness (QED) is 0.0890. The normalized spacial score (nSPS) is 13.0. The summed E-state index contributed by atoms with van der Waals surface area (Å²) in [4.78, 5) is 2.52. The van der Waals surface area contributed by atoms with E-state index in [1.807, 2.05) is 23.2 Å². The summed E-state index contributed by atoms with van der Waals surface area (Å²) in [7, 11) is 0. The van der Waals surface area contributed by atoms with Crippen molar-refractivity contribution in [3.05, 3.63) is 60.8 Å². The van der Waals surface area contributed by atoms with E-state index in [1.165, 1.54) is 49.7 Å². The van der Waals surface area contributed by atoms with Crippen LogP contribution in [0.2, 0.25) is 0 Å². The lowest BCUT2D eigenvalue weighted by molar-refractivity contribution is 0.210. The predicted molar refractivity (Wildman–Crippen MR) is 132 cm³/mol. The van der Waals surface area contributed by atoms with Gasteiger partial charge in [0.1, 0.15) is 0 Å². The molecule has 0 spiro atoms. The Morgan fingerprint density at radius 1 is 0.862 bits per heavy atom. The molecule has 0 aliphatic carbocycles. The second kappa shape index (κ2) is 19.9. The molecule has 0 fully saturated rings. The monoisotopic (exact) mass is 401 g/mol. The molecule has 3 heteroatoms. The van der Waals surface area contributed by atoms with E-state index in [2.05, 4.69) is 57.1 Å². The number of hydrogen-bond donors (Lipinski definition) is 1. The van der Waals surface area contributed by atoms with Gasteiger partial charge in [-0.3, -0.25) is 10.7 Å². The van der Waals surface area contributed by atoms with Gasteiger partial charge in [0.05, 0.1) is 0 Å². The zero-order valence-electron chi connectivity index (χ0n) is 19.5. The van der Waals surface area contributed by atoms with Crippen molar-refractivity contribution in [3.8, 4) is 0 Å². The molecule has 2 N–H and O–H groups in total. The number of nitrogens with two attached hydrogens (primary N) is 1. The Morgan fingerprint density at radius 3 is 2.34 bits per heavy atom. The number of allylic oxidation sites excluding steroid dienone is 7. The average molecular weight is 402 g/mol. The molecule has 0 radical (unpaired) electrons. The molecule has 166 valence electrons. The third-order valence-electron chi connectivity index (χ3n) is 5.01. The van der Waals surface area contributed by atoms with E-state index < -0.39 is 0 Å². The van der Waals surface area contributed by atoms with Gasteiger partial charge in [0.2, 0.25) is 0 Å². The first-order valence-electron chi connectivity index (χ1n) is 11.5. The van der Waals surface area contributed by atoms with Gasteiger partial charge in [0.25, 0.3) is 0 Å². The Bertz CT molecular complexity index is 502. The average Bonchev–Trinajstić information content (AvgIpc) is 2.70. The molecule has 0 saturated heterocycles. The molecule has 0 aromatic rings. The maximum absolute atomic E-state index is 6.25. The van der Waals surface area contributed by atoms with E-state index in [4.69, 9.17) is 5.84 Å². The summed E-state index contributed by atoms with van der Waals surface area (Å²) < 4.78 is 0. The SMILES string of the molecule is C=C/C=C\C=C(/C)CN(CCCC)CCN(N)CCCCC/C(C)=C/CCC=C. The Balaban J connectivity index is 4.11. The second-order valence-corrected chi connectivity index (χ2v) is 8.03. The van der Waals surface area contributed by atoms with Gasteiger partial charge in [-0.05, 0) is 58.9 Å². The number of nitrogens with zero attached hydrogens (tertiary/aromatic N) is 2. The van der Waals surface area contributed by atoms with E-state index in [0.717, 1.165) is 45.6 Å². The minimum atomic E-state index is 0.931. The van der Waals surface area contributed by atoms with Crippen molar-refractivity contribution < 1.29 is 0 Å². The molecule has 0 aliphatic heterocycles. The van der Waals surface area contributed by atoms with Crippen molar-refractivity contribution in [2.75, 3.05) is 32.7 Å². The summed E-state index contributed by atoms with van der Waals surface area (Å²) in [5, 5.41) is 2.00. The molecule has 0 heterocycles. The lowest BCUT2D eigenvalue weighted by Gasteiger charge is -2.25. The first-order chi connectivity index (χ1) is 14.0. The lowest BCUT2D eigenvalue weighted by atomic mass is 10.1. The highest BCUT2D eigenvalue weighted by Gasteiger charge is 2.07. The maximum Gasteiger partial charge on any atom is 0.0256 e. The van der Waals surface area contributed by atoms with Crippen molar-refractivity contribution in [3.63, 3.8) is 0 Å². The molecule has 3 nitrogen and oxygen atoms in total. The highest BCUT2D eigenvalue weighted by Crippen LogP contribution is 2.10. The van der Waals surface area contributed by atoms with Gasteiger partial charge in [0.15, 0.2) is 0 Å². The molecule has 0 aliphatic rings.